The molecule has 0 aliphatic heterocycles. The molecule has 27 heavy (non-hydrogen) atoms. The molecule has 1 N–H and O–H groups in total. The first kappa shape index (κ1) is 20.1. The molecule has 0 heterocycles. The molecule has 140 valence electrons. The number of anilines is 1. The molecule has 2 rings (SSSR count). The van der Waals surface area contributed by atoms with Crippen molar-refractivity contribution in [3.05, 3.63) is 58.7 Å². The lowest BCUT2D eigenvalue weighted by Crippen LogP contribution is -2.15. The number of nitriles is 1. The molecule has 0 atom stereocenters. The van der Waals surface area contributed by atoms with Crippen LogP contribution < -0.4 is 14.8 Å². The van der Waals surface area contributed by atoms with Crippen LogP contribution in [-0.2, 0) is 4.79 Å². The number of aryl methyl sites for hydroxylation is 2. The van der Waals surface area contributed by atoms with Gasteiger partial charge in [0, 0.05) is 5.69 Å². The summed E-state index contributed by atoms with van der Waals surface area (Å²) in [6.07, 6.45) is 2.41. The third kappa shape index (κ3) is 5.11. The SMILES string of the molecule is CCCOc1cc(/C=C(\C#N)C(=O)Nc2c(C)cccc2C)ccc1OC. The first-order chi connectivity index (χ1) is 13.0. The summed E-state index contributed by atoms with van der Waals surface area (Å²) in [7, 11) is 1.57. The van der Waals surface area contributed by atoms with Crippen LogP contribution in [0, 0.1) is 25.2 Å². The lowest BCUT2D eigenvalue weighted by molar-refractivity contribution is -0.112. The van der Waals surface area contributed by atoms with Crippen LogP contribution in [0.15, 0.2) is 42.0 Å². The van der Waals surface area contributed by atoms with Crippen molar-refractivity contribution in [3.8, 4) is 17.6 Å². The van der Waals surface area contributed by atoms with Gasteiger partial charge in [-0.2, -0.15) is 5.26 Å². The number of hydrogen-bond donors (Lipinski definition) is 1. The number of hydrogen-bond acceptors (Lipinski definition) is 4. The molecule has 0 radical (unpaired) electrons. The Labute approximate surface area is 160 Å². The average molecular weight is 364 g/mol. The monoisotopic (exact) mass is 364 g/mol. The van der Waals surface area contributed by atoms with Gasteiger partial charge in [0.15, 0.2) is 11.5 Å². The molecule has 2 aromatic carbocycles. The standard InChI is InChI=1S/C22H24N2O3/c1-5-11-27-20-13-17(9-10-19(20)26-4)12-18(14-23)22(25)24-21-15(2)7-6-8-16(21)3/h6-10,12-13H,5,11H2,1-4H3,(H,24,25)/b18-12+. The highest BCUT2D eigenvalue weighted by Gasteiger charge is 2.13. The summed E-state index contributed by atoms with van der Waals surface area (Å²) in [4.78, 5) is 12.6. The van der Waals surface area contributed by atoms with Crippen molar-refractivity contribution in [1.29, 1.82) is 5.26 Å². The number of benzene rings is 2. The second-order valence-corrected chi connectivity index (χ2v) is 6.15. The number of carbonyl (C=O) groups excluding carboxylic acids is 1. The number of nitrogens with zero attached hydrogens (tertiary/aromatic N) is 1. The van der Waals surface area contributed by atoms with Crippen molar-refractivity contribution >= 4 is 17.7 Å². The molecule has 0 aromatic heterocycles. The highest BCUT2D eigenvalue weighted by atomic mass is 16.5. The van der Waals surface area contributed by atoms with Crippen LogP contribution in [0.25, 0.3) is 6.08 Å². The lowest BCUT2D eigenvalue weighted by atomic mass is 10.1. The van der Waals surface area contributed by atoms with Crippen molar-refractivity contribution in [2.24, 2.45) is 0 Å². The van der Waals surface area contributed by atoms with E-state index in [-0.39, 0.29) is 5.57 Å². The Morgan fingerprint density at radius 1 is 1.19 bits per heavy atom. The second-order valence-electron chi connectivity index (χ2n) is 6.15. The third-order valence-corrected chi connectivity index (χ3v) is 4.05. The molecule has 5 nitrogen and oxygen atoms in total. The Kier molecular flexibility index (Phi) is 7.01. The molecule has 0 saturated carbocycles. The van der Waals surface area contributed by atoms with E-state index in [0.717, 1.165) is 23.2 Å². The van der Waals surface area contributed by atoms with Gasteiger partial charge in [0.05, 0.1) is 13.7 Å². The van der Waals surface area contributed by atoms with E-state index < -0.39 is 5.91 Å². The van der Waals surface area contributed by atoms with Crippen LogP contribution >= 0.6 is 0 Å². The zero-order chi connectivity index (χ0) is 19.8. The zero-order valence-electron chi connectivity index (χ0n) is 16.1. The van der Waals surface area contributed by atoms with Crippen molar-refractivity contribution in [2.45, 2.75) is 27.2 Å². The molecule has 5 heteroatoms. The Morgan fingerprint density at radius 3 is 2.48 bits per heavy atom. The quantitative estimate of drug-likeness (QED) is 0.573. The van der Waals surface area contributed by atoms with E-state index in [1.54, 1.807) is 31.4 Å². The minimum atomic E-state index is -0.443. The Balaban J connectivity index is 2.29. The normalized spacial score (nSPS) is 10.9. The van der Waals surface area contributed by atoms with Gasteiger partial charge in [-0.3, -0.25) is 4.79 Å². The van der Waals surface area contributed by atoms with Crippen LogP contribution in [0.3, 0.4) is 0 Å². The van der Waals surface area contributed by atoms with Gasteiger partial charge < -0.3 is 14.8 Å². The number of rotatable bonds is 7. The van der Waals surface area contributed by atoms with E-state index in [2.05, 4.69) is 5.32 Å². The predicted octanol–water partition coefficient (Wildman–Crippen LogP) is 4.65. The maximum absolute atomic E-state index is 12.6. The minimum absolute atomic E-state index is 0.0178. The first-order valence-electron chi connectivity index (χ1n) is 8.80. The lowest BCUT2D eigenvalue weighted by Gasteiger charge is -2.12. The van der Waals surface area contributed by atoms with E-state index in [0.29, 0.717) is 23.7 Å². The minimum Gasteiger partial charge on any atom is -0.493 e. The van der Waals surface area contributed by atoms with E-state index in [9.17, 15) is 10.1 Å². The fourth-order valence-electron chi connectivity index (χ4n) is 2.62. The van der Waals surface area contributed by atoms with Crippen molar-refractivity contribution in [2.75, 3.05) is 19.0 Å². The molecule has 0 unspecified atom stereocenters. The molecule has 2 aromatic rings. The Morgan fingerprint density at radius 2 is 1.89 bits per heavy atom. The fourth-order valence-corrected chi connectivity index (χ4v) is 2.62. The molecule has 0 saturated heterocycles. The van der Waals surface area contributed by atoms with Gasteiger partial charge in [0.25, 0.3) is 5.91 Å². The topological polar surface area (TPSA) is 71.3 Å². The van der Waals surface area contributed by atoms with Crippen molar-refractivity contribution in [3.63, 3.8) is 0 Å². The highest BCUT2D eigenvalue weighted by molar-refractivity contribution is 6.10. The van der Waals surface area contributed by atoms with Gasteiger partial charge in [0.1, 0.15) is 11.6 Å². The van der Waals surface area contributed by atoms with Crippen LogP contribution in [-0.4, -0.2) is 19.6 Å². The molecule has 0 bridgehead atoms. The summed E-state index contributed by atoms with van der Waals surface area (Å²) in [6, 6.07) is 13.0. The number of nitrogens with one attached hydrogen (secondary N) is 1. The summed E-state index contributed by atoms with van der Waals surface area (Å²) < 4.78 is 11.0. The highest BCUT2D eigenvalue weighted by Crippen LogP contribution is 2.29. The molecule has 0 aliphatic rings. The van der Waals surface area contributed by atoms with Gasteiger partial charge >= 0.3 is 0 Å². The van der Waals surface area contributed by atoms with Crippen LogP contribution in [0.1, 0.15) is 30.0 Å². The predicted molar refractivity (Wildman–Crippen MR) is 107 cm³/mol. The number of amides is 1. The summed E-state index contributed by atoms with van der Waals surface area (Å²) in [6.45, 7) is 6.40. The van der Waals surface area contributed by atoms with Gasteiger partial charge in [0.2, 0.25) is 0 Å². The van der Waals surface area contributed by atoms with Crippen molar-refractivity contribution in [1.82, 2.24) is 0 Å². The maximum Gasteiger partial charge on any atom is 0.266 e. The number of methoxy groups -OCH3 is 1. The zero-order valence-corrected chi connectivity index (χ0v) is 16.1. The van der Waals surface area contributed by atoms with Crippen LogP contribution in [0.5, 0.6) is 11.5 Å². The summed E-state index contributed by atoms with van der Waals surface area (Å²) >= 11 is 0. The van der Waals surface area contributed by atoms with E-state index in [1.807, 2.05) is 45.0 Å². The first-order valence-corrected chi connectivity index (χ1v) is 8.80. The number of para-hydroxylation sites is 1. The molecule has 0 spiro atoms. The Bertz CT molecular complexity index is 875. The van der Waals surface area contributed by atoms with Gasteiger partial charge in [-0.1, -0.05) is 31.2 Å². The summed E-state index contributed by atoms with van der Waals surface area (Å²) in [5, 5.41) is 12.3. The second kappa shape index (κ2) is 9.44. The van der Waals surface area contributed by atoms with E-state index in [4.69, 9.17) is 9.47 Å². The number of carbonyl (C=O) groups is 1. The molecular formula is C22H24N2O3. The van der Waals surface area contributed by atoms with E-state index in [1.165, 1.54) is 0 Å². The van der Waals surface area contributed by atoms with Crippen molar-refractivity contribution < 1.29 is 14.3 Å². The third-order valence-electron chi connectivity index (χ3n) is 4.05. The summed E-state index contributed by atoms with van der Waals surface area (Å²) in [5.74, 6) is 0.751. The molecular weight excluding hydrogens is 340 g/mol. The van der Waals surface area contributed by atoms with Gasteiger partial charge in [-0.25, -0.2) is 0 Å². The maximum atomic E-state index is 12.6. The van der Waals surface area contributed by atoms with Crippen LogP contribution in [0.2, 0.25) is 0 Å². The van der Waals surface area contributed by atoms with Gasteiger partial charge in [-0.15, -0.1) is 0 Å². The molecule has 0 aliphatic carbocycles. The van der Waals surface area contributed by atoms with Gasteiger partial charge in [-0.05, 0) is 55.2 Å². The summed E-state index contributed by atoms with van der Waals surface area (Å²) in [5.41, 5.74) is 3.32. The Hall–Kier alpha value is -3.26. The average Bonchev–Trinajstić information content (AvgIpc) is 2.67. The molecule has 0 fully saturated rings. The molecule has 1 amide bonds. The fraction of sp³-hybridized carbons (Fsp3) is 0.273. The largest absolute Gasteiger partial charge is 0.493 e. The van der Waals surface area contributed by atoms with Crippen LogP contribution in [0.4, 0.5) is 5.69 Å². The smallest absolute Gasteiger partial charge is 0.266 e. The van der Waals surface area contributed by atoms with E-state index >= 15 is 0 Å². The number of ether oxygens (including phenoxy) is 2.